The van der Waals surface area contributed by atoms with Crippen molar-refractivity contribution >= 4 is 17.5 Å². The van der Waals surface area contributed by atoms with Crippen molar-refractivity contribution in [2.45, 2.75) is 6.18 Å². The van der Waals surface area contributed by atoms with E-state index < -0.39 is 46.8 Å². The molecule has 0 radical (unpaired) electrons. The Hall–Kier alpha value is -2.56. The maximum Gasteiger partial charge on any atom is 0.433 e. The summed E-state index contributed by atoms with van der Waals surface area (Å²) in [5.74, 6) is -5.80. The largest absolute Gasteiger partial charge is 0.433 e. The van der Waals surface area contributed by atoms with Gasteiger partial charge in [-0.25, -0.2) is 18.2 Å². The summed E-state index contributed by atoms with van der Waals surface area (Å²) in [5, 5.41) is 13.1. The lowest BCUT2D eigenvalue weighted by atomic mass is 10.2. The van der Waals surface area contributed by atoms with Crippen LogP contribution in [-0.2, 0) is 6.18 Å². The molecule has 0 fully saturated rings. The van der Waals surface area contributed by atoms with Gasteiger partial charge in [0.25, 0.3) is 0 Å². The van der Waals surface area contributed by atoms with Crippen LogP contribution in [0.15, 0.2) is 18.2 Å². The summed E-state index contributed by atoms with van der Waals surface area (Å²) in [6.07, 6.45) is -4.82. The molecule has 0 bridgehead atoms. The third-order valence-electron chi connectivity index (χ3n) is 2.71. The van der Waals surface area contributed by atoms with Gasteiger partial charge in [-0.15, -0.1) is 0 Å². The lowest BCUT2D eigenvalue weighted by Crippen LogP contribution is -2.15. The number of alkyl halides is 3. The zero-order valence-corrected chi connectivity index (χ0v) is 11.8. The first-order chi connectivity index (χ1) is 11.2. The van der Waals surface area contributed by atoms with Gasteiger partial charge < -0.3 is 15.7 Å². The van der Waals surface area contributed by atoms with Crippen LogP contribution in [0.1, 0.15) is 5.69 Å². The third kappa shape index (κ3) is 4.04. The van der Waals surface area contributed by atoms with Crippen molar-refractivity contribution in [3.63, 3.8) is 0 Å². The summed E-state index contributed by atoms with van der Waals surface area (Å²) >= 11 is 0. The number of nitrogens with one attached hydrogen (secondary N) is 2. The molecule has 1 heterocycles. The fourth-order valence-electron chi connectivity index (χ4n) is 1.66. The van der Waals surface area contributed by atoms with Gasteiger partial charge in [0.15, 0.2) is 23.1 Å². The number of halogens is 6. The normalized spacial score (nSPS) is 11.5. The number of anilines is 3. The molecule has 0 spiro atoms. The van der Waals surface area contributed by atoms with Gasteiger partial charge in [0.1, 0.15) is 5.82 Å². The Labute approximate surface area is 131 Å². The molecule has 0 unspecified atom stereocenters. The molecular formula is C13H10F6N4O. The van der Waals surface area contributed by atoms with Crippen molar-refractivity contribution in [3.8, 4) is 0 Å². The molecule has 0 amide bonds. The number of aliphatic hydroxyl groups is 1. The molecule has 0 aliphatic carbocycles. The van der Waals surface area contributed by atoms with Crippen LogP contribution in [0.4, 0.5) is 43.8 Å². The Kier molecular flexibility index (Phi) is 5.12. The monoisotopic (exact) mass is 352 g/mol. The minimum atomic E-state index is -4.82. The molecule has 0 atom stereocenters. The molecule has 2 aromatic rings. The Morgan fingerprint density at radius 3 is 2.38 bits per heavy atom. The van der Waals surface area contributed by atoms with Crippen LogP contribution < -0.4 is 10.6 Å². The smallest absolute Gasteiger partial charge is 0.395 e. The van der Waals surface area contributed by atoms with Crippen LogP contribution in [0.5, 0.6) is 0 Å². The highest BCUT2D eigenvalue weighted by Gasteiger charge is 2.34. The Morgan fingerprint density at radius 1 is 1.04 bits per heavy atom. The van der Waals surface area contributed by atoms with Crippen molar-refractivity contribution < 1.29 is 31.4 Å². The Bertz CT molecular complexity index is 737. The standard InChI is InChI=1S/C13H10F6N4O/c14-6-1-2-7(11(16)10(6)15)21-9-5-8(13(17,18)19)22-12(23-9)20-3-4-24/h1-2,5,24H,3-4H2,(H2,20,21,22,23). The van der Waals surface area contributed by atoms with Gasteiger partial charge >= 0.3 is 6.18 Å². The molecule has 1 aromatic carbocycles. The molecule has 0 aliphatic heterocycles. The number of rotatable bonds is 5. The molecule has 0 saturated heterocycles. The molecule has 5 nitrogen and oxygen atoms in total. The summed E-state index contributed by atoms with van der Waals surface area (Å²) in [5.41, 5.74) is -1.95. The van der Waals surface area contributed by atoms with Crippen molar-refractivity contribution in [3.05, 3.63) is 41.3 Å². The topological polar surface area (TPSA) is 70.1 Å². The molecule has 130 valence electrons. The van der Waals surface area contributed by atoms with E-state index in [0.717, 1.165) is 6.07 Å². The average Bonchev–Trinajstić information content (AvgIpc) is 2.52. The Balaban J connectivity index is 2.40. The first-order valence-electron chi connectivity index (χ1n) is 6.44. The van der Waals surface area contributed by atoms with E-state index in [-0.39, 0.29) is 13.2 Å². The second-order valence-corrected chi connectivity index (χ2v) is 4.46. The van der Waals surface area contributed by atoms with Gasteiger partial charge in [0, 0.05) is 12.6 Å². The van der Waals surface area contributed by atoms with Gasteiger partial charge in [0.05, 0.1) is 12.3 Å². The van der Waals surface area contributed by atoms with Gasteiger partial charge in [-0.3, -0.25) is 0 Å². The van der Waals surface area contributed by atoms with Crippen LogP contribution in [0, 0.1) is 17.5 Å². The molecule has 11 heteroatoms. The maximum absolute atomic E-state index is 13.6. The minimum absolute atomic E-state index is 0.125. The molecule has 24 heavy (non-hydrogen) atoms. The van der Waals surface area contributed by atoms with Crippen LogP contribution >= 0.6 is 0 Å². The van der Waals surface area contributed by atoms with E-state index in [1.54, 1.807) is 0 Å². The predicted octanol–water partition coefficient (Wildman–Crippen LogP) is 3.06. The number of nitrogens with zero attached hydrogens (tertiary/aromatic N) is 2. The molecular weight excluding hydrogens is 342 g/mol. The minimum Gasteiger partial charge on any atom is -0.395 e. The highest BCUT2D eigenvalue weighted by Crippen LogP contribution is 2.31. The highest BCUT2D eigenvalue weighted by atomic mass is 19.4. The maximum atomic E-state index is 13.6. The summed E-state index contributed by atoms with van der Waals surface area (Å²) in [7, 11) is 0. The van der Waals surface area contributed by atoms with Crippen molar-refractivity contribution in [1.29, 1.82) is 0 Å². The van der Waals surface area contributed by atoms with Crippen LogP contribution in [0.3, 0.4) is 0 Å². The number of hydrogen-bond acceptors (Lipinski definition) is 5. The zero-order valence-electron chi connectivity index (χ0n) is 11.8. The number of hydrogen-bond donors (Lipinski definition) is 3. The molecule has 3 N–H and O–H groups in total. The average molecular weight is 352 g/mol. The summed E-state index contributed by atoms with van der Waals surface area (Å²) in [6, 6.07) is 1.90. The third-order valence-corrected chi connectivity index (χ3v) is 2.71. The summed E-state index contributed by atoms with van der Waals surface area (Å²) < 4.78 is 78.1. The fourth-order valence-corrected chi connectivity index (χ4v) is 1.66. The van der Waals surface area contributed by atoms with E-state index in [1.807, 2.05) is 0 Å². The quantitative estimate of drug-likeness (QED) is 0.570. The lowest BCUT2D eigenvalue weighted by molar-refractivity contribution is -0.141. The van der Waals surface area contributed by atoms with Gasteiger partial charge in [-0.1, -0.05) is 0 Å². The second kappa shape index (κ2) is 6.91. The highest BCUT2D eigenvalue weighted by molar-refractivity contribution is 5.58. The number of aromatic nitrogens is 2. The van der Waals surface area contributed by atoms with E-state index in [4.69, 9.17) is 5.11 Å². The zero-order chi connectivity index (χ0) is 17.9. The number of benzene rings is 1. The van der Waals surface area contributed by atoms with Crippen molar-refractivity contribution in [2.75, 3.05) is 23.8 Å². The number of aliphatic hydroxyl groups excluding tert-OH is 1. The van der Waals surface area contributed by atoms with E-state index in [0.29, 0.717) is 12.1 Å². The molecule has 0 aliphatic rings. The van der Waals surface area contributed by atoms with Gasteiger partial charge in [-0.05, 0) is 12.1 Å². The SMILES string of the molecule is OCCNc1nc(Nc2ccc(F)c(F)c2F)cc(C(F)(F)F)n1. The Morgan fingerprint density at radius 2 is 1.75 bits per heavy atom. The van der Waals surface area contributed by atoms with Crippen molar-refractivity contribution in [2.24, 2.45) is 0 Å². The molecule has 2 rings (SSSR count). The molecule has 0 saturated carbocycles. The van der Waals surface area contributed by atoms with Crippen LogP contribution in [0.25, 0.3) is 0 Å². The first-order valence-corrected chi connectivity index (χ1v) is 6.44. The van der Waals surface area contributed by atoms with E-state index >= 15 is 0 Å². The summed E-state index contributed by atoms with van der Waals surface area (Å²) in [6.45, 7) is -0.513. The van der Waals surface area contributed by atoms with E-state index in [9.17, 15) is 26.3 Å². The fraction of sp³-hybridized carbons (Fsp3) is 0.231. The second-order valence-electron chi connectivity index (χ2n) is 4.46. The van der Waals surface area contributed by atoms with Crippen LogP contribution in [-0.4, -0.2) is 28.2 Å². The first kappa shape index (κ1) is 17.8. The predicted molar refractivity (Wildman–Crippen MR) is 72.2 cm³/mol. The van der Waals surface area contributed by atoms with Gasteiger partial charge in [-0.2, -0.15) is 18.2 Å². The van der Waals surface area contributed by atoms with Crippen LogP contribution in [0.2, 0.25) is 0 Å². The van der Waals surface area contributed by atoms with E-state index in [2.05, 4.69) is 20.6 Å². The van der Waals surface area contributed by atoms with Crippen molar-refractivity contribution in [1.82, 2.24) is 9.97 Å². The van der Waals surface area contributed by atoms with Gasteiger partial charge in [0.2, 0.25) is 5.95 Å². The lowest BCUT2D eigenvalue weighted by Gasteiger charge is -2.13. The van der Waals surface area contributed by atoms with E-state index in [1.165, 1.54) is 0 Å². The molecule has 1 aromatic heterocycles. The summed E-state index contributed by atoms with van der Waals surface area (Å²) in [4.78, 5) is 6.86.